The molecule has 5 rings (SSSR count). The van der Waals surface area contributed by atoms with Crippen LogP contribution >= 0.6 is 11.3 Å². The maximum atomic E-state index is 13.8. The summed E-state index contributed by atoms with van der Waals surface area (Å²) >= 11 is 1.45. The van der Waals surface area contributed by atoms with Gasteiger partial charge in [-0.25, -0.2) is 9.37 Å². The molecule has 3 aromatic rings. The summed E-state index contributed by atoms with van der Waals surface area (Å²) in [7, 11) is 0. The molecule has 3 heterocycles. The van der Waals surface area contributed by atoms with Crippen molar-refractivity contribution in [1.82, 2.24) is 9.88 Å². The number of fused-ring (bicyclic) bond motifs is 1. The Kier molecular flexibility index (Phi) is 7.45. The van der Waals surface area contributed by atoms with E-state index in [-0.39, 0.29) is 30.6 Å². The number of halogens is 1. The Morgan fingerprint density at radius 1 is 1.22 bits per heavy atom. The first kappa shape index (κ1) is 24.6. The number of thiazole rings is 1. The lowest BCUT2D eigenvalue weighted by molar-refractivity contribution is -0.124. The smallest absolute Gasteiger partial charge is 0.234 e. The molecule has 0 radical (unpaired) electrons. The number of amides is 2. The molecule has 2 fully saturated rings. The number of aromatic nitrogens is 1. The Morgan fingerprint density at radius 3 is 2.75 bits per heavy atom. The van der Waals surface area contributed by atoms with Crippen LogP contribution in [0.2, 0.25) is 0 Å². The number of rotatable bonds is 8. The molecule has 10 heteroatoms. The maximum absolute atomic E-state index is 13.8. The third kappa shape index (κ3) is 5.35. The van der Waals surface area contributed by atoms with Crippen molar-refractivity contribution in [2.75, 3.05) is 62.3 Å². The lowest BCUT2D eigenvalue weighted by Crippen LogP contribution is -2.45. The van der Waals surface area contributed by atoms with Gasteiger partial charge < -0.3 is 14.4 Å². The molecule has 36 heavy (non-hydrogen) atoms. The molecule has 2 aliphatic rings. The summed E-state index contributed by atoms with van der Waals surface area (Å²) < 4.78 is 25.4. The zero-order valence-corrected chi connectivity index (χ0v) is 21.0. The van der Waals surface area contributed by atoms with Crippen molar-refractivity contribution in [2.45, 2.75) is 13.3 Å². The second kappa shape index (κ2) is 10.9. The first-order valence-electron chi connectivity index (χ1n) is 12.2. The third-order valence-corrected chi connectivity index (χ3v) is 7.55. The zero-order chi connectivity index (χ0) is 25.1. The lowest BCUT2D eigenvalue weighted by Gasteiger charge is -2.30. The van der Waals surface area contributed by atoms with Gasteiger partial charge in [-0.05, 0) is 49.4 Å². The van der Waals surface area contributed by atoms with E-state index in [9.17, 15) is 14.0 Å². The molecule has 8 nitrogen and oxygen atoms in total. The molecule has 2 saturated heterocycles. The lowest BCUT2D eigenvalue weighted by atomic mass is 10.1. The van der Waals surface area contributed by atoms with E-state index in [0.717, 1.165) is 29.1 Å². The monoisotopic (exact) mass is 512 g/mol. The van der Waals surface area contributed by atoms with Crippen LogP contribution < -0.4 is 14.5 Å². The normalized spacial score (nSPS) is 18.7. The molecule has 1 unspecified atom stereocenters. The quantitative estimate of drug-likeness (QED) is 0.460. The van der Waals surface area contributed by atoms with E-state index in [0.29, 0.717) is 43.7 Å². The predicted molar refractivity (Wildman–Crippen MR) is 137 cm³/mol. The van der Waals surface area contributed by atoms with Crippen LogP contribution in [0.15, 0.2) is 42.5 Å². The molecule has 2 aromatic carbocycles. The Morgan fingerprint density at radius 2 is 2.00 bits per heavy atom. The number of ether oxygens (including phenoxy) is 2. The number of carbonyl (C=O) groups excluding carboxylic acids is 2. The molecule has 2 aliphatic heterocycles. The van der Waals surface area contributed by atoms with Crippen molar-refractivity contribution in [3.8, 4) is 5.75 Å². The number of carbonyl (C=O) groups is 2. The van der Waals surface area contributed by atoms with Gasteiger partial charge >= 0.3 is 0 Å². The van der Waals surface area contributed by atoms with Crippen LogP contribution in [-0.4, -0.2) is 74.2 Å². The van der Waals surface area contributed by atoms with Gasteiger partial charge in [0.1, 0.15) is 11.6 Å². The van der Waals surface area contributed by atoms with Crippen molar-refractivity contribution in [3.05, 3.63) is 48.3 Å². The number of hydrogen-bond acceptors (Lipinski definition) is 7. The first-order valence-corrected chi connectivity index (χ1v) is 13.0. The standard InChI is InChI=1S/C26H29FN4O4S/c1-2-35-21-7-8-22-23(16-21)36-26(28-22)30(10-9-29-11-13-34-14-12-29)25(33)18-15-24(32)31(17-18)20-5-3-19(27)4-6-20/h3-8,16,18H,2,9-15,17H2,1H3. The highest BCUT2D eigenvalue weighted by molar-refractivity contribution is 7.22. The van der Waals surface area contributed by atoms with Gasteiger partial charge in [-0.15, -0.1) is 0 Å². The predicted octanol–water partition coefficient (Wildman–Crippen LogP) is 3.55. The zero-order valence-electron chi connectivity index (χ0n) is 20.2. The van der Waals surface area contributed by atoms with Crippen LogP contribution in [0.1, 0.15) is 13.3 Å². The molecule has 0 bridgehead atoms. The van der Waals surface area contributed by atoms with E-state index in [2.05, 4.69) is 4.90 Å². The number of anilines is 2. The van der Waals surface area contributed by atoms with Crippen molar-refractivity contribution in [1.29, 1.82) is 0 Å². The van der Waals surface area contributed by atoms with Gasteiger partial charge in [0.05, 0.1) is 36.0 Å². The van der Waals surface area contributed by atoms with E-state index in [4.69, 9.17) is 14.5 Å². The second-order valence-corrected chi connectivity index (χ2v) is 9.89. The van der Waals surface area contributed by atoms with E-state index in [1.54, 1.807) is 21.9 Å². The Labute approximate surface area is 213 Å². The molecule has 0 N–H and O–H groups in total. The molecule has 190 valence electrons. The van der Waals surface area contributed by atoms with Crippen LogP contribution in [0.5, 0.6) is 5.75 Å². The number of benzene rings is 2. The molecule has 0 spiro atoms. The Hall–Kier alpha value is -3.08. The van der Waals surface area contributed by atoms with E-state index in [1.165, 1.54) is 23.5 Å². The highest BCUT2D eigenvalue weighted by Crippen LogP contribution is 2.34. The van der Waals surface area contributed by atoms with Gasteiger partial charge in [0.25, 0.3) is 0 Å². The van der Waals surface area contributed by atoms with E-state index in [1.807, 2.05) is 25.1 Å². The largest absolute Gasteiger partial charge is 0.494 e. The molecule has 1 aromatic heterocycles. The SMILES string of the molecule is CCOc1ccc2nc(N(CCN3CCOCC3)C(=O)C3CC(=O)N(c4ccc(F)cc4)C3)sc2c1. The first-order chi connectivity index (χ1) is 17.5. The summed E-state index contributed by atoms with van der Waals surface area (Å²) in [6, 6.07) is 11.5. The number of hydrogen-bond donors (Lipinski definition) is 0. The molecule has 2 amide bonds. The van der Waals surface area contributed by atoms with Crippen LogP contribution in [0.4, 0.5) is 15.2 Å². The van der Waals surface area contributed by atoms with Crippen molar-refractivity contribution in [2.24, 2.45) is 5.92 Å². The summed E-state index contributed by atoms with van der Waals surface area (Å²) in [4.78, 5) is 36.9. The summed E-state index contributed by atoms with van der Waals surface area (Å²) in [5, 5.41) is 0.615. The summed E-state index contributed by atoms with van der Waals surface area (Å²) in [6.07, 6.45) is 0.115. The fraction of sp³-hybridized carbons (Fsp3) is 0.423. The highest BCUT2D eigenvalue weighted by atomic mass is 32.1. The fourth-order valence-electron chi connectivity index (χ4n) is 4.59. The highest BCUT2D eigenvalue weighted by Gasteiger charge is 2.38. The minimum Gasteiger partial charge on any atom is -0.494 e. The Balaban J connectivity index is 1.38. The van der Waals surface area contributed by atoms with Gasteiger partial charge in [0.15, 0.2) is 5.13 Å². The van der Waals surface area contributed by atoms with Crippen LogP contribution in [-0.2, 0) is 14.3 Å². The number of nitrogens with zero attached hydrogens (tertiary/aromatic N) is 4. The average molecular weight is 513 g/mol. The second-order valence-electron chi connectivity index (χ2n) is 8.88. The minimum absolute atomic E-state index is 0.115. The van der Waals surface area contributed by atoms with Crippen molar-refractivity contribution < 1.29 is 23.5 Å². The van der Waals surface area contributed by atoms with Crippen LogP contribution in [0.25, 0.3) is 10.2 Å². The van der Waals surface area contributed by atoms with Gasteiger partial charge in [0, 0.05) is 44.8 Å². The summed E-state index contributed by atoms with van der Waals surface area (Å²) in [5.74, 6) is -0.361. The van der Waals surface area contributed by atoms with Crippen LogP contribution in [0.3, 0.4) is 0 Å². The summed E-state index contributed by atoms with van der Waals surface area (Å²) in [6.45, 7) is 6.93. The van der Waals surface area contributed by atoms with Crippen LogP contribution in [0, 0.1) is 11.7 Å². The van der Waals surface area contributed by atoms with Gasteiger partial charge in [-0.2, -0.15) is 0 Å². The fourth-order valence-corrected chi connectivity index (χ4v) is 5.62. The molecular weight excluding hydrogens is 483 g/mol. The summed E-state index contributed by atoms with van der Waals surface area (Å²) in [5.41, 5.74) is 1.40. The van der Waals surface area contributed by atoms with Gasteiger partial charge in [0.2, 0.25) is 11.8 Å². The van der Waals surface area contributed by atoms with Gasteiger partial charge in [-0.1, -0.05) is 11.3 Å². The molecule has 1 atom stereocenters. The third-order valence-electron chi connectivity index (χ3n) is 6.51. The van der Waals surface area contributed by atoms with E-state index < -0.39 is 5.92 Å². The topological polar surface area (TPSA) is 75.2 Å². The van der Waals surface area contributed by atoms with E-state index >= 15 is 0 Å². The molecule has 0 aliphatic carbocycles. The van der Waals surface area contributed by atoms with Gasteiger partial charge in [-0.3, -0.25) is 19.4 Å². The van der Waals surface area contributed by atoms with Crippen molar-refractivity contribution >= 4 is 44.2 Å². The average Bonchev–Trinajstić information content (AvgIpc) is 3.48. The molecule has 0 saturated carbocycles. The number of morpholine rings is 1. The Bertz CT molecular complexity index is 1230. The molecular formula is C26H29FN4O4S. The minimum atomic E-state index is -0.502. The van der Waals surface area contributed by atoms with Crippen molar-refractivity contribution in [3.63, 3.8) is 0 Å². The maximum Gasteiger partial charge on any atom is 0.234 e.